The van der Waals surface area contributed by atoms with Crippen LogP contribution in [0.15, 0.2) is 24.3 Å². The maximum absolute atomic E-state index is 11.5. The predicted molar refractivity (Wildman–Crippen MR) is 68.6 cm³/mol. The Labute approximate surface area is 103 Å². The van der Waals surface area contributed by atoms with Crippen LogP contribution in [0.3, 0.4) is 0 Å². The van der Waals surface area contributed by atoms with Gasteiger partial charge in [-0.15, -0.1) is 0 Å². The molecule has 0 aliphatic carbocycles. The fraction of sp³-hybridized carbons (Fsp3) is 0.500. The van der Waals surface area contributed by atoms with Gasteiger partial charge in [-0.25, -0.2) is 0 Å². The van der Waals surface area contributed by atoms with Crippen molar-refractivity contribution in [3.05, 3.63) is 35.4 Å². The molecule has 0 bridgehead atoms. The largest absolute Gasteiger partial charge is 0.387 e. The Bertz CT molecular complexity index is 374. The Morgan fingerprint density at radius 3 is 2.59 bits per heavy atom. The molecular weight excluding hydrogens is 214 g/mol. The molecule has 0 spiro atoms. The number of hydrogen-bond acceptors (Lipinski definition) is 2. The number of aliphatic hydroxyl groups excluding tert-OH is 1. The van der Waals surface area contributed by atoms with E-state index in [1.807, 2.05) is 45.0 Å². The summed E-state index contributed by atoms with van der Waals surface area (Å²) in [5.74, 6) is 0.332. The smallest absolute Gasteiger partial charge is 0.220 e. The number of aliphatic hydroxyl groups is 1. The van der Waals surface area contributed by atoms with Gasteiger partial charge in [0.05, 0.1) is 6.10 Å². The third kappa shape index (κ3) is 4.57. The van der Waals surface area contributed by atoms with Gasteiger partial charge in [0.15, 0.2) is 0 Å². The number of carbonyl (C=O) groups is 1. The van der Waals surface area contributed by atoms with E-state index in [9.17, 15) is 9.90 Å². The molecule has 1 aromatic rings. The van der Waals surface area contributed by atoms with Crippen molar-refractivity contribution in [3.63, 3.8) is 0 Å². The van der Waals surface area contributed by atoms with Crippen LogP contribution in [-0.2, 0) is 4.79 Å². The summed E-state index contributed by atoms with van der Waals surface area (Å²) in [5.41, 5.74) is 1.91. The van der Waals surface area contributed by atoms with E-state index < -0.39 is 6.10 Å². The van der Waals surface area contributed by atoms with E-state index >= 15 is 0 Å². The summed E-state index contributed by atoms with van der Waals surface area (Å²) in [7, 11) is 0. The molecule has 0 aliphatic heterocycles. The lowest BCUT2D eigenvalue weighted by Crippen LogP contribution is -2.29. The van der Waals surface area contributed by atoms with Crippen molar-refractivity contribution in [2.75, 3.05) is 6.54 Å². The van der Waals surface area contributed by atoms with Gasteiger partial charge in [0.25, 0.3) is 0 Å². The molecule has 0 saturated heterocycles. The van der Waals surface area contributed by atoms with E-state index in [2.05, 4.69) is 5.32 Å². The van der Waals surface area contributed by atoms with Crippen LogP contribution in [0.25, 0.3) is 0 Å². The maximum atomic E-state index is 11.5. The normalized spacial score (nSPS) is 12.5. The van der Waals surface area contributed by atoms with Gasteiger partial charge >= 0.3 is 0 Å². The second-order valence-corrected chi connectivity index (χ2v) is 4.77. The Balaban J connectivity index is 2.48. The lowest BCUT2D eigenvalue weighted by atomic mass is 10.0. The zero-order valence-corrected chi connectivity index (χ0v) is 10.7. The Morgan fingerprint density at radius 1 is 1.35 bits per heavy atom. The van der Waals surface area contributed by atoms with E-state index in [0.717, 1.165) is 11.1 Å². The Morgan fingerprint density at radius 2 is 2.00 bits per heavy atom. The molecule has 1 atom stereocenters. The van der Waals surface area contributed by atoms with Crippen LogP contribution in [0.5, 0.6) is 0 Å². The van der Waals surface area contributed by atoms with Crippen LogP contribution >= 0.6 is 0 Å². The van der Waals surface area contributed by atoms with Gasteiger partial charge in [-0.1, -0.05) is 38.1 Å². The van der Waals surface area contributed by atoms with Crippen molar-refractivity contribution < 1.29 is 9.90 Å². The highest BCUT2D eigenvalue weighted by Gasteiger charge is 2.11. The van der Waals surface area contributed by atoms with E-state index in [1.54, 1.807) is 0 Å². The van der Waals surface area contributed by atoms with Crippen molar-refractivity contribution >= 4 is 5.91 Å². The fourth-order valence-corrected chi connectivity index (χ4v) is 1.72. The van der Waals surface area contributed by atoms with Crippen molar-refractivity contribution in [1.29, 1.82) is 0 Å². The Kier molecular flexibility index (Phi) is 5.16. The predicted octanol–water partition coefficient (Wildman–Crippen LogP) is 2.19. The van der Waals surface area contributed by atoms with E-state index in [0.29, 0.717) is 12.3 Å². The van der Waals surface area contributed by atoms with Crippen LogP contribution < -0.4 is 5.32 Å². The molecule has 1 rings (SSSR count). The summed E-state index contributed by atoms with van der Waals surface area (Å²) in [6.45, 7) is 6.22. The summed E-state index contributed by atoms with van der Waals surface area (Å²) >= 11 is 0. The first-order chi connectivity index (χ1) is 8.00. The first kappa shape index (κ1) is 13.7. The van der Waals surface area contributed by atoms with Crippen LogP contribution in [0.4, 0.5) is 0 Å². The van der Waals surface area contributed by atoms with Crippen LogP contribution in [0.1, 0.15) is 37.5 Å². The highest BCUT2D eigenvalue weighted by Crippen LogP contribution is 2.16. The molecule has 1 aromatic carbocycles. The molecule has 94 valence electrons. The third-order valence-electron chi connectivity index (χ3n) is 2.63. The standard InChI is InChI=1S/C14H21NO2/c1-10(2)8-14(17)15-9-13(16)12-7-5-4-6-11(12)3/h4-7,10,13,16H,8-9H2,1-3H3,(H,15,17). The van der Waals surface area contributed by atoms with Gasteiger partial charge in [-0.2, -0.15) is 0 Å². The lowest BCUT2D eigenvalue weighted by Gasteiger charge is -2.15. The van der Waals surface area contributed by atoms with Gasteiger partial charge in [0.2, 0.25) is 5.91 Å². The van der Waals surface area contributed by atoms with Crippen molar-refractivity contribution in [2.24, 2.45) is 5.92 Å². The number of nitrogens with one attached hydrogen (secondary N) is 1. The molecule has 3 heteroatoms. The minimum atomic E-state index is -0.632. The molecule has 0 aromatic heterocycles. The molecule has 1 amide bonds. The van der Waals surface area contributed by atoms with E-state index in [4.69, 9.17) is 0 Å². The molecule has 17 heavy (non-hydrogen) atoms. The second-order valence-electron chi connectivity index (χ2n) is 4.77. The number of rotatable bonds is 5. The van der Waals surface area contributed by atoms with Gasteiger partial charge < -0.3 is 10.4 Å². The number of carbonyl (C=O) groups excluding carboxylic acids is 1. The molecule has 0 heterocycles. The van der Waals surface area contributed by atoms with Gasteiger partial charge in [0, 0.05) is 13.0 Å². The zero-order valence-electron chi connectivity index (χ0n) is 10.7. The summed E-state index contributed by atoms with van der Waals surface area (Å²) in [4.78, 5) is 11.5. The first-order valence-electron chi connectivity index (χ1n) is 6.01. The zero-order chi connectivity index (χ0) is 12.8. The Hall–Kier alpha value is -1.35. The number of aryl methyl sites for hydroxylation is 1. The average Bonchev–Trinajstić information content (AvgIpc) is 2.25. The molecule has 1 unspecified atom stereocenters. The summed E-state index contributed by atoms with van der Waals surface area (Å²) < 4.78 is 0. The molecule has 0 radical (unpaired) electrons. The minimum Gasteiger partial charge on any atom is -0.387 e. The average molecular weight is 235 g/mol. The van der Waals surface area contributed by atoms with E-state index in [-0.39, 0.29) is 12.5 Å². The monoisotopic (exact) mass is 235 g/mol. The van der Waals surface area contributed by atoms with E-state index in [1.165, 1.54) is 0 Å². The molecule has 0 aliphatic rings. The molecule has 0 saturated carbocycles. The van der Waals surface area contributed by atoms with Gasteiger partial charge in [-0.3, -0.25) is 4.79 Å². The molecule has 2 N–H and O–H groups in total. The van der Waals surface area contributed by atoms with Crippen LogP contribution in [-0.4, -0.2) is 17.6 Å². The minimum absolute atomic E-state index is 0.00682. The second kappa shape index (κ2) is 6.40. The highest BCUT2D eigenvalue weighted by molar-refractivity contribution is 5.76. The number of hydrogen-bond donors (Lipinski definition) is 2. The number of amides is 1. The highest BCUT2D eigenvalue weighted by atomic mass is 16.3. The van der Waals surface area contributed by atoms with Gasteiger partial charge in [0.1, 0.15) is 0 Å². The number of benzene rings is 1. The van der Waals surface area contributed by atoms with Crippen molar-refractivity contribution in [3.8, 4) is 0 Å². The summed E-state index contributed by atoms with van der Waals surface area (Å²) in [5, 5.41) is 12.7. The third-order valence-corrected chi connectivity index (χ3v) is 2.63. The maximum Gasteiger partial charge on any atom is 0.220 e. The van der Waals surface area contributed by atoms with Crippen molar-refractivity contribution in [1.82, 2.24) is 5.32 Å². The van der Waals surface area contributed by atoms with Gasteiger partial charge in [-0.05, 0) is 24.0 Å². The fourth-order valence-electron chi connectivity index (χ4n) is 1.72. The summed E-state index contributed by atoms with van der Waals surface area (Å²) in [6, 6.07) is 7.66. The SMILES string of the molecule is Cc1ccccc1C(O)CNC(=O)CC(C)C. The topological polar surface area (TPSA) is 49.3 Å². The van der Waals surface area contributed by atoms with Crippen molar-refractivity contribution in [2.45, 2.75) is 33.3 Å². The molecule has 0 fully saturated rings. The van der Waals surface area contributed by atoms with Crippen LogP contribution in [0.2, 0.25) is 0 Å². The first-order valence-corrected chi connectivity index (χ1v) is 6.01. The van der Waals surface area contributed by atoms with Crippen LogP contribution in [0, 0.1) is 12.8 Å². The lowest BCUT2D eigenvalue weighted by molar-refractivity contribution is -0.122. The summed E-state index contributed by atoms with van der Waals surface area (Å²) in [6.07, 6.45) is -0.132. The molecule has 3 nitrogen and oxygen atoms in total. The molecular formula is C14H21NO2. The quantitative estimate of drug-likeness (QED) is 0.822.